The molecular weight excluding hydrogens is 382 g/mol. The van der Waals surface area contributed by atoms with E-state index in [4.69, 9.17) is 21.1 Å². The van der Waals surface area contributed by atoms with Gasteiger partial charge in [-0.2, -0.15) is 0 Å². The molecule has 0 saturated heterocycles. The molecule has 2 aliphatic rings. The van der Waals surface area contributed by atoms with Crippen LogP contribution < -0.4 is 4.74 Å². The van der Waals surface area contributed by atoms with Crippen LogP contribution in [0.15, 0.2) is 30.0 Å². The number of ether oxygens (including phenoxy) is 2. The second-order valence-corrected chi connectivity index (χ2v) is 8.48. The second kappa shape index (κ2) is 7.35. The van der Waals surface area contributed by atoms with Gasteiger partial charge >= 0.3 is 5.97 Å². The van der Waals surface area contributed by atoms with Crippen molar-refractivity contribution in [2.24, 2.45) is 0 Å². The molecule has 1 aromatic carbocycles. The van der Waals surface area contributed by atoms with Crippen LogP contribution in [0.4, 0.5) is 0 Å². The molecule has 6 nitrogen and oxygen atoms in total. The maximum atomic E-state index is 12.4. The predicted molar refractivity (Wildman–Crippen MR) is 106 cm³/mol. The number of nitrogens with zero attached hydrogens (tertiary/aromatic N) is 1. The first-order valence-corrected chi connectivity index (χ1v) is 9.53. The van der Waals surface area contributed by atoms with Crippen molar-refractivity contribution in [1.82, 2.24) is 0 Å². The van der Waals surface area contributed by atoms with E-state index in [-0.39, 0.29) is 15.6 Å². The number of quaternary nitrogens is 1. The third-order valence-corrected chi connectivity index (χ3v) is 5.64. The standard InChI is InChI=1S/C21H24ClNO5/c1-21(2,3)23-11-13-8-19(28-7-5-6-27-4)16(22)9-14(13)17(23)10-18(24)15(12-23)20(25)26/h8-10,12H,5-7,11H2,1-4H3/p+1. The number of halogens is 1. The molecule has 0 amide bonds. The Kier molecular flexibility index (Phi) is 5.40. The highest BCUT2D eigenvalue weighted by atomic mass is 35.5. The van der Waals surface area contributed by atoms with Crippen molar-refractivity contribution in [3.8, 4) is 5.75 Å². The molecular formula is C21H25ClNO5+. The van der Waals surface area contributed by atoms with Gasteiger partial charge in [-0.05, 0) is 32.9 Å². The van der Waals surface area contributed by atoms with Crippen LogP contribution in [0.3, 0.4) is 0 Å². The molecule has 1 N–H and O–H groups in total. The summed E-state index contributed by atoms with van der Waals surface area (Å²) in [5.41, 5.74) is 2.04. The third kappa shape index (κ3) is 3.36. The minimum absolute atomic E-state index is 0.200. The summed E-state index contributed by atoms with van der Waals surface area (Å²) in [6.07, 6.45) is 3.76. The Morgan fingerprint density at radius 1 is 1.29 bits per heavy atom. The lowest BCUT2D eigenvalue weighted by molar-refractivity contribution is -0.867. The van der Waals surface area contributed by atoms with Crippen molar-refractivity contribution in [1.29, 1.82) is 0 Å². The summed E-state index contributed by atoms with van der Waals surface area (Å²) in [5.74, 6) is -1.12. The van der Waals surface area contributed by atoms with Gasteiger partial charge in [0.05, 0.1) is 17.2 Å². The number of carbonyl (C=O) groups excluding carboxylic acids is 1. The van der Waals surface area contributed by atoms with Gasteiger partial charge in [-0.1, -0.05) is 11.6 Å². The molecule has 1 aromatic rings. The molecule has 0 radical (unpaired) electrons. The number of hydrogen-bond donors (Lipinski definition) is 1. The first-order valence-electron chi connectivity index (χ1n) is 9.16. The highest BCUT2D eigenvalue weighted by Crippen LogP contribution is 2.50. The molecule has 2 heterocycles. The average Bonchev–Trinajstić information content (AvgIpc) is 2.91. The number of carboxylic acids is 1. The van der Waals surface area contributed by atoms with E-state index in [1.807, 2.05) is 32.9 Å². The van der Waals surface area contributed by atoms with Crippen molar-refractivity contribution < 1.29 is 28.7 Å². The Morgan fingerprint density at radius 3 is 2.61 bits per heavy atom. The summed E-state index contributed by atoms with van der Waals surface area (Å²) < 4.78 is 11.1. The lowest BCUT2D eigenvalue weighted by Crippen LogP contribution is -2.53. The monoisotopic (exact) mass is 406 g/mol. The Bertz CT molecular complexity index is 897. The molecule has 150 valence electrons. The van der Waals surface area contributed by atoms with E-state index >= 15 is 0 Å². The zero-order chi connectivity index (χ0) is 20.7. The molecule has 0 aromatic heterocycles. The maximum absolute atomic E-state index is 12.4. The van der Waals surface area contributed by atoms with Crippen LogP contribution in [-0.4, -0.2) is 47.2 Å². The van der Waals surface area contributed by atoms with Crippen molar-refractivity contribution >= 4 is 29.1 Å². The Labute approximate surface area is 169 Å². The Balaban J connectivity index is 2.05. The molecule has 7 heteroatoms. The maximum Gasteiger partial charge on any atom is 0.345 e. The number of carboxylic acid groups (broad SMARTS) is 1. The van der Waals surface area contributed by atoms with Crippen molar-refractivity contribution in [3.63, 3.8) is 0 Å². The Morgan fingerprint density at radius 2 is 2.00 bits per heavy atom. The Hall–Kier alpha value is -2.15. The van der Waals surface area contributed by atoms with Gasteiger partial charge in [0.25, 0.3) is 0 Å². The number of carbonyl (C=O) groups is 2. The number of allylic oxidation sites excluding steroid dienone is 1. The summed E-state index contributed by atoms with van der Waals surface area (Å²) in [4.78, 5) is 24.0. The van der Waals surface area contributed by atoms with Gasteiger partial charge in [-0.15, -0.1) is 0 Å². The molecule has 0 bridgehead atoms. The van der Waals surface area contributed by atoms with Gasteiger partial charge in [0.1, 0.15) is 24.2 Å². The van der Waals surface area contributed by atoms with Crippen LogP contribution in [0.1, 0.15) is 38.3 Å². The topological polar surface area (TPSA) is 72.8 Å². The normalized spacial score (nSPS) is 21.0. The van der Waals surface area contributed by atoms with Crippen molar-refractivity contribution in [2.45, 2.75) is 39.3 Å². The van der Waals surface area contributed by atoms with Gasteiger partial charge in [0.15, 0.2) is 5.57 Å². The number of methoxy groups -OCH3 is 1. The summed E-state index contributed by atoms with van der Waals surface area (Å²) in [6, 6.07) is 3.71. The minimum Gasteiger partial charge on any atom is -0.492 e. The van der Waals surface area contributed by atoms with Crippen LogP contribution in [-0.2, 0) is 20.9 Å². The number of aliphatic carboxylic acids is 1. The fourth-order valence-electron chi connectivity index (χ4n) is 3.78. The van der Waals surface area contributed by atoms with Gasteiger partial charge in [-0.3, -0.25) is 9.28 Å². The van der Waals surface area contributed by atoms with Crippen LogP contribution >= 0.6 is 11.6 Å². The van der Waals surface area contributed by atoms with Crippen molar-refractivity contribution in [2.75, 3.05) is 20.3 Å². The lowest BCUT2D eigenvalue weighted by Gasteiger charge is -2.44. The highest BCUT2D eigenvalue weighted by molar-refractivity contribution is 6.32. The largest absolute Gasteiger partial charge is 0.492 e. The average molecular weight is 407 g/mol. The SMILES string of the molecule is COCCCOc1cc2c(cc1Cl)C1=CC(=O)C(C(=O)O)=C[N+]1(C(C)(C)C)C2. The number of rotatable bonds is 6. The lowest BCUT2D eigenvalue weighted by atomic mass is 9.95. The second-order valence-electron chi connectivity index (χ2n) is 8.07. The van der Waals surface area contributed by atoms with Gasteiger partial charge < -0.3 is 14.6 Å². The van der Waals surface area contributed by atoms with Gasteiger partial charge in [0, 0.05) is 37.3 Å². The molecule has 0 aliphatic carbocycles. The van der Waals surface area contributed by atoms with E-state index in [1.165, 1.54) is 6.08 Å². The van der Waals surface area contributed by atoms with Crippen LogP contribution in [0, 0.1) is 0 Å². The molecule has 0 spiro atoms. The molecule has 0 saturated carbocycles. The number of benzene rings is 1. The van der Waals surface area contributed by atoms with Crippen LogP contribution in [0.5, 0.6) is 5.75 Å². The summed E-state index contributed by atoms with van der Waals surface area (Å²) in [5, 5.41) is 9.94. The van der Waals surface area contributed by atoms with E-state index in [0.717, 1.165) is 23.2 Å². The molecule has 28 heavy (non-hydrogen) atoms. The molecule has 1 atom stereocenters. The quantitative estimate of drug-likeness (QED) is 0.442. The van der Waals surface area contributed by atoms with Crippen LogP contribution in [0.2, 0.25) is 5.02 Å². The summed E-state index contributed by atoms with van der Waals surface area (Å²) in [6.45, 7) is 7.70. The van der Waals surface area contributed by atoms with E-state index in [9.17, 15) is 14.7 Å². The molecule has 3 rings (SSSR count). The van der Waals surface area contributed by atoms with E-state index in [2.05, 4.69) is 0 Å². The molecule has 1 unspecified atom stereocenters. The number of hydrogen-bond acceptors (Lipinski definition) is 4. The van der Waals surface area contributed by atoms with E-state index in [0.29, 0.717) is 30.5 Å². The number of ketones is 1. The van der Waals surface area contributed by atoms with E-state index < -0.39 is 11.8 Å². The summed E-state index contributed by atoms with van der Waals surface area (Å²) >= 11 is 6.44. The number of fused-ring (bicyclic) bond motifs is 3. The zero-order valence-corrected chi connectivity index (χ0v) is 17.3. The van der Waals surface area contributed by atoms with E-state index in [1.54, 1.807) is 13.3 Å². The first-order chi connectivity index (χ1) is 13.1. The van der Waals surface area contributed by atoms with Gasteiger partial charge in [-0.25, -0.2) is 4.79 Å². The summed E-state index contributed by atoms with van der Waals surface area (Å²) in [7, 11) is 1.64. The van der Waals surface area contributed by atoms with Crippen LogP contribution in [0.25, 0.3) is 5.70 Å². The highest BCUT2D eigenvalue weighted by Gasteiger charge is 2.52. The minimum atomic E-state index is -1.21. The fraction of sp³-hybridized carbons (Fsp3) is 0.429. The third-order valence-electron chi connectivity index (χ3n) is 5.34. The smallest absolute Gasteiger partial charge is 0.345 e. The van der Waals surface area contributed by atoms with Gasteiger partial charge in [0.2, 0.25) is 5.78 Å². The fourth-order valence-corrected chi connectivity index (χ4v) is 3.99. The molecule has 0 fully saturated rings. The zero-order valence-electron chi connectivity index (χ0n) is 16.5. The molecule has 2 aliphatic heterocycles. The first kappa shape index (κ1) is 20.6. The van der Waals surface area contributed by atoms with Crippen molar-refractivity contribution in [3.05, 3.63) is 46.1 Å². The predicted octanol–water partition coefficient (Wildman–Crippen LogP) is 3.78.